The average molecular weight is 227 g/mol. The molecule has 0 saturated carbocycles. The van der Waals surface area contributed by atoms with Gasteiger partial charge in [-0.1, -0.05) is 13.8 Å². The Bertz CT molecular complexity index is 289. The summed E-state index contributed by atoms with van der Waals surface area (Å²) in [6, 6.07) is 0. The molecule has 0 heterocycles. The Balaban J connectivity index is 4.86. The number of hydrogen-bond acceptors (Lipinski definition) is 2. The van der Waals surface area contributed by atoms with Crippen molar-refractivity contribution in [3.8, 4) is 0 Å². The second-order valence-electron chi connectivity index (χ2n) is 3.85. The van der Waals surface area contributed by atoms with Crippen molar-refractivity contribution in [1.29, 1.82) is 0 Å². The molecular weight excluding hydrogens is 206 g/mol. The van der Waals surface area contributed by atoms with E-state index in [2.05, 4.69) is 0 Å². The molecule has 0 aromatic heterocycles. The summed E-state index contributed by atoms with van der Waals surface area (Å²) in [5.74, 6) is -1.19. The third kappa shape index (κ3) is 4.04. The largest absolute Gasteiger partial charge is 0.478 e. The predicted octanol–water partition coefficient (Wildman–Crippen LogP) is 2.06. The van der Waals surface area contributed by atoms with E-state index in [9.17, 15) is 9.59 Å². The van der Waals surface area contributed by atoms with E-state index >= 15 is 0 Å². The van der Waals surface area contributed by atoms with Gasteiger partial charge in [0.15, 0.2) is 0 Å². The van der Waals surface area contributed by atoms with Crippen LogP contribution in [0.1, 0.15) is 40.5 Å². The van der Waals surface area contributed by atoms with Gasteiger partial charge in [0.1, 0.15) is 0 Å². The van der Waals surface area contributed by atoms with Crippen LogP contribution >= 0.6 is 0 Å². The van der Waals surface area contributed by atoms with E-state index in [1.807, 2.05) is 13.8 Å². The molecule has 0 radical (unpaired) electrons. The minimum absolute atomic E-state index is 0.127. The Morgan fingerprint density at radius 1 is 1.00 bits per heavy atom. The number of amides is 1. The molecule has 0 saturated heterocycles. The molecule has 0 aliphatic carbocycles. The number of carboxylic acid groups (broad SMARTS) is 1. The maximum atomic E-state index is 12.0. The summed E-state index contributed by atoms with van der Waals surface area (Å²) < 4.78 is 0. The molecule has 0 unspecified atom stereocenters. The third-order valence-electron chi connectivity index (χ3n) is 2.48. The Morgan fingerprint density at radius 2 is 1.44 bits per heavy atom. The van der Waals surface area contributed by atoms with Crippen LogP contribution in [-0.4, -0.2) is 35.0 Å². The molecule has 0 rings (SSSR count). The van der Waals surface area contributed by atoms with Crippen LogP contribution in [0.15, 0.2) is 11.1 Å². The van der Waals surface area contributed by atoms with Crippen molar-refractivity contribution in [1.82, 2.24) is 4.90 Å². The van der Waals surface area contributed by atoms with Gasteiger partial charge in [0.05, 0.1) is 0 Å². The Kier molecular flexibility index (Phi) is 6.46. The summed E-state index contributed by atoms with van der Waals surface area (Å²) in [6.45, 7) is 8.39. The van der Waals surface area contributed by atoms with Crippen molar-refractivity contribution in [3.05, 3.63) is 11.1 Å². The normalized spacial score (nSPS) is 12.0. The fourth-order valence-corrected chi connectivity index (χ4v) is 1.41. The summed E-state index contributed by atoms with van der Waals surface area (Å²) in [6.07, 6.45) is 1.76. The first-order valence-electron chi connectivity index (χ1n) is 5.65. The number of hydrogen-bond donors (Lipinski definition) is 1. The van der Waals surface area contributed by atoms with Crippen molar-refractivity contribution in [3.63, 3.8) is 0 Å². The monoisotopic (exact) mass is 227 g/mol. The molecule has 1 amide bonds. The Morgan fingerprint density at radius 3 is 1.75 bits per heavy atom. The van der Waals surface area contributed by atoms with Crippen molar-refractivity contribution in [2.75, 3.05) is 13.1 Å². The zero-order valence-corrected chi connectivity index (χ0v) is 10.5. The lowest BCUT2D eigenvalue weighted by atomic mass is 10.1. The summed E-state index contributed by atoms with van der Waals surface area (Å²) in [7, 11) is 0. The number of carbonyl (C=O) groups excluding carboxylic acids is 1. The van der Waals surface area contributed by atoms with Crippen LogP contribution in [0.4, 0.5) is 0 Å². The fraction of sp³-hybridized carbons (Fsp3) is 0.667. The smallest absolute Gasteiger partial charge is 0.331 e. The average Bonchev–Trinajstić information content (AvgIpc) is 2.25. The minimum Gasteiger partial charge on any atom is -0.478 e. The van der Waals surface area contributed by atoms with E-state index < -0.39 is 5.97 Å². The number of carbonyl (C=O) groups is 2. The fourth-order valence-electron chi connectivity index (χ4n) is 1.41. The molecule has 0 aliphatic heterocycles. The zero-order chi connectivity index (χ0) is 12.7. The summed E-state index contributed by atoms with van der Waals surface area (Å²) in [4.78, 5) is 24.4. The highest BCUT2D eigenvalue weighted by atomic mass is 16.4. The first-order valence-corrected chi connectivity index (χ1v) is 5.65. The van der Waals surface area contributed by atoms with Gasteiger partial charge in [-0.3, -0.25) is 4.79 Å². The van der Waals surface area contributed by atoms with Gasteiger partial charge in [0, 0.05) is 24.2 Å². The van der Waals surface area contributed by atoms with Gasteiger partial charge in [0.25, 0.3) is 0 Å². The van der Waals surface area contributed by atoms with Crippen LogP contribution < -0.4 is 0 Å². The van der Waals surface area contributed by atoms with Crippen LogP contribution in [-0.2, 0) is 9.59 Å². The Hall–Kier alpha value is -1.32. The summed E-state index contributed by atoms with van der Waals surface area (Å²) in [5.41, 5.74) is 0.455. The lowest BCUT2D eigenvalue weighted by Gasteiger charge is -2.22. The maximum Gasteiger partial charge on any atom is 0.331 e. The lowest BCUT2D eigenvalue weighted by molar-refractivity contribution is -0.133. The molecule has 4 nitrogen and oxygen atoms in total. The number of aliphatic carboxylic acids is 1. The number of carboxylic acids is 1. The quantitative estimate of drug-likeness (QED) is 0.706. The molecule has 0 aromatic carbocycles. The predicted molar refractivity (Wildman–Crippen MR) is 63.2 cm³/mol. The van der Waals surface area contributed by atoms with Crippen molar-refractivity contribution >= 4 is 11.9 Å². The molecule has 0 aliphatic rings. The minimum atomic E-state index is -1.03. The van der Waals surface area contributed by atoms with Crippen LogP contribution in [0.5, 0.6) is 0 Å². The highest BCUT2D eigenvalue weighted by Gasteiger charge is 2.17. The third-order valence-corrected chi connectivity index (χ3v) is 2.48. The second-order valence-corrected chi connectivity index (χ2v) is 3.85. The van der Waals surface area contributed by atoms with Crippen molar-refractivity contribution in [2.45, 2.75) is 40.5 Å². The SMILES string of the molecule is CCCN(CCC)C(=O)C(C)=C(C)C(=O)O. The van der Waals surface area contributed by atoms with Crippen LogP contribution in [0.3, 0.4) is 0 Å². The van der Waals surface area contributed by atoms with Gasteiger partial charge < -0.3 is 10.0 Å². The van der Waals surface area contributed by atoms with E-state index in [0.717, 1.165) is 12.8 Å². The maximum absolute atomic E-state index is 12.0. The van der Waals surface area contributed by atoms with E-state index in [4.69, 9.17) is 5.11 Å². The molecule has 0 aromatic rings. The van der Waals surface area contributed by atoms with Crippen molar-refractivity contribution in [2.24, 2.45) is 0 Å². The van der Waals surface area contributed by atoms with Gasteiger partial charge in [-0.05, 0) is 26.7 Å². The molecule has 0 spiro atoms. The van der Waals surface area contributed by atoms with E-state index in [-0.39, 0.29) is 11.5 Å². The first-order chi connectivity index (χ1) is 7.45. The molecular formula is C12H21NO3. The van der Waals surface area contributed by atoms with E-state index in [1.54, 1.807) is 11.8 Å². The van der Waals surface area contributed by atoms with Gasteiger partial charge in [-0.15, -0.1) is 0 Å². The van der Waals surface area contributed by atoms with Gasteiger partial charge >= 0.3 is 5.97 Å². The van der Waals surface area contributed by atoms with Gasteiger partial charge in [0.2, 0.25) is 5.91 Å². The number of nitrogens with zero attached hydrogens (tertiary/aromatic N) is 1. The highest BCUT2D eigenvalue weighted by molar-refractivity contribution is 6.01. The summed E-state index contributed by atoms with van der Waals surface area (Å²) >= 11 is 0. The molecule has 4 heteroatoms. The van der Waals surface area contributed by atoms with Crippen LogP contribution in [0.25, 0.3) is 0 Å². The van der Waals surface area contributed by atoms with Gasteiger partial charge in [-0.2, -0.15) is 0 Å². The molecule has 0 atom stereocenters. The van der Waals surface area contributed by atoms with Crippen LogP contribution in [0, 0.1) is 0 Å². The molecule has 1 N–H and O–H groups in total. The second kappa shape index (κ2) is 7.04. The molecule has 16 heavy (non-hydrogen) atoms. The molecule has 92 valence electrons. The lowest BCUT2D eigenvalue weighted by Crippen LogP contribution is -2.33. The zero-order valence-electron chi connectivity index (χ0n) is 10.5. The highest BCUT2D eigenvalue weighted by Crippen LogP contribution is 2.09. The summed E-state index contributed by atoms with van der Waals surface area (Å²) in [5, 5.41) is 8.81. The molecule has 0 bridgehead atoms. The standard InChI is InChI=1S/C12H21NO3/c1-5-7-13(8-6-2)11(14)9(3)10(4)12(15)16/h5-8H2,1-4H3,(H,15,16). The first kappa shape index (κ1) is 14.7. The van der Waals surface area contributed by atoms with Gasteiger partial charge in [-0.25, -0.2) is 4.79 Å². The Labute approximate surface area is 96.9 Å². The van der Waals surface area contributed by atoms with E-state index in [0.29, 0.717) is 18.7 Å². The topological polar surface area (TPSA) is 57.6 Å². The van der Waals surface area contributed by atoms with Crippen LogP contribution in [0.2, 0.25) is 0 Å². The number of rotatable bonds is 6. The van der Waals surface area contributed by atoms with Crippen molar-refractivity contribution < 1.29 is 14.7 Å². The van der Waals surface area contributed by atoms with E-state index in [1.165, 1.54) is 6.92 Å². The molecule has 0 fully saturated rings.